The highest BCUT2D eigenvalue weighted by molar-refractivity contribution is 9.10. The summed E-state index contributed by atoms with van der Waals surface area (Å²) in [4.78, 5) is 4.15. The first-order chi connectivity index (χ1) is 9.83. The molecule has 0 aliphatic rings. The van der Waals surface area contributed by atoms with Gasteiger partial charge in [0.2, 0.25) is 15.9 Å². The fraction of sp³-hybridized carbons (Fsp3) is 0.308. The zero-order valence-electron chi connectivity index (χ0n) is 11.7. The normalized spacial score (nSPS) is 11.8. The molecule has 8 heteroatoms. The van der Waals surface area contributed by atoms with Gasteiger partial charge in [-0.2, -0.15) is 0 Å². The fourth-order valence-corrected chi connectivity index (χ4v) is 3.68. The number of nitrogen functional groups attached to an aromatic ring is 1. The Morgan fingerprint density at radius 2 is 2.14 bits per heavy atom. The molecule has 0 saturated carbocycles. The van der Waals surface area contributed by atoms with Gasteiger partial charge in [-0.1, -0.05) is 22.9 Å². The average Bonchev–Trinajstić information content (AvgIpc) is 2.88. The minimum absolute atomic E-state index is 0.00576. The Morgan fingerprint density at radius 3 is 2.76 bits per heavy atom. The van der Waals surface area contributed by atoms with Crippen LogP contribution < -0.4 is 10.5 Å². The fourth-order valence-electron chi connectivity index (χ4n) is 1.78. The summed E-state index contributed by atoms with van der Waals surface area (Å²) < 4.78 is 33.1. The number of sulfonamides is 1. The van der Waals surface area contributed by atoms with Crippen LogP contribution in [0.25, 0.3) is 0 Å². The number of nitrogens with two attached hydrogens (primary N) is 1. The van der Waals surface area contributed by atoms with Gasteiger partial charge in [-0.15, -0.1) is 0 Å². The molecule has 0 spiro atoms. The number of halogens is 1. The molecule has 1 aromatic carbocycles. The number of hydrogen-bond donors (Lipinski definition) is 2. The quantitative estimate of drug-likeness (QED) is 0.783. The zero-order valence-corrected chi connectivity index (χ0v) is 14.1. The van der Waals surface area contributed by atoms with Crippen LogP contribution in [0.3, 0.4) is 0 Å². The summed E-state index contributed by atoms with van der Waals surface area (Å²) in [5, 5.41) is 0. The highest BCUT2D eigenvalue weighted by Gasteiger charge is 2.19. The molecule has 0 unspecified atom stereocenters. The Morgan fingerprint density at radius 1 is 1.43 bits per heavy atom. The first-order valence-corrected chi connectivity index (χ1v) is 8.60. The van der Waals surface area contributed by atoms with E-state index in [1.165, 1.54) is 6.07 Å². The molecule has 1 aromatic heterocycles. The van der Waals surface area contributed by atoms with Crippen molar-refractivity contribution < 1.29 is 12.8 Å². The Bertz CT molecular complexity index is 756. The van der Waals surface area contributed by atoms with Crippen molar-refractivity contribution in [1.29, 1.82) is 0 Å². The molecule has 0 saturated heterocycles. The van der Waals surface area contributed by atoms with Crippen molar-refractivity contribution in [2.45, 2.75) is 31.7 Å². The topological polar surface area (TPSA) is 98.2 Å². The van der Waals surface area contributed by atoms with Crippen molar-refractivity contribution in [1.82, 2.24) is 9.71 Å². The Labute approximate surface area is 131 Å². The molecule has 2 rings (SSSR count). The lowest BCUT2D eigenvalue weighted by Gasteiger charge is -2.10. The third-order valence-electron chi connectivity index (χ3n) is 3.02. The monoisotopic (exact) mass is 373 g/mol. The maximum Gasteiger partial charge on any atom is 0.241 e. The highest BCUT2D eigenvalue weighted by atomic mass is 79.9. The van der Waals surface area contributed by atoms with Gasteiger partial charge < -0.3 is 10.2 Å². The number of oxazole rings is 1. The van der Waals surface area contributed by atoms with Gasteiger partial charge in [0.05, 0.1) is 17.6 Å². The summed E-state index contributed by atoms with van der Waals surface area (Å²) in [7, 11) is -3.69. The second kappa shape index (κ2) is 6.17. The van der Waals surface area contributed by atoms with Crippen LogP contribution in [0.15, 0.2) is 32.1 Å². The number of benzene rings is 1. The van der Waals surface area contributed by atoms with Crippen LogP contribution in [0.1, 0.15) is 24.1 Å². The molecule has 0 fully saturated rings. The van der Waals surface area contributed by atoms with Gasteiger partial charge in [0.1, 0.15) is 5.76 Å². The Balaban J connectivity index is 2.22. The maximum absolute atomic E-state index is 12.4. The second-order valence-electron chi connectivity index (χ2n) is 4.52. The lowest BCUT2D eigenvalue weighted by atomic mass is 10.2. The van der Waals surface area contributed by atoms with Crippen LogP contribution in [0, 0.1) is 6.92 Å². The number of nitrogens with zero attached hydrogens (tertiary/aromatic N) is 1. The number of rotatable bonds is 5. The molecule has 6 nitrogen and oxygen atoms in total. The van der Waals surface area contributed by atoms with Crippen LogP contribution in [0.2, 0.25) is 0 Å². The number of aromatic nitrogens is 1. The van der Waals surface area contributed by atoms with E-state index in [4.69, 9.17) is 10.2 Å². The van der Waals surface area contributed by atoms with Crippen molar-refractivity contribution in [3.63, 3.8) is 0 Å². The van der Waals surface area contributed by atoms with Crippen molar-refractivity contribution >= 4 is 31.6 Å². The number of nitrogens with one attached hydrogen (secondary N) is 1. The zero-order chi connectivity index (χ0) is 15.6. The van der Waals surface area contributed by atoms with Crippen LogP contribution in [0.4, 0.5) is 5.69 Å². The number of anilines is 1. The second-order valence-corrected chi connectivity index (χ2v) is 7.17. The summed E-state index contributed by atoms with van der Waals surface area (Å²) in [5.41, 5.74) is 6.71. The van der Waals surface area contributed by atoms with E-state index in [-0.39, 0.29) is 11.4 Å². The van der Waals surface area contributed by atoms with Gasteiger partial charge >= 0.3 is 0 Å². The molecule has 0 radical (unpaired) electrons. The van der Waals surface area contributed by atoms with E-state index in [2.05, 4.69) is 25.6 Å². The van der Waals surface area contributed by atoms with E-state index in [9.17, 15) is 8.42 Å². The molecule has 0 aliphatic heterocycles. The average molecular weight is 374 g/mol. The van der Waals surface area contributed by atoms with E-state index in [0.29, 0.717) is 33.8 Å². The predicted molar refractivity (Wildman–Crippen MR) is 83.2 cm³/mol. The molecule has 114 valence electrons. The molecule has 0 atom stereocenters. The van der Waals surface area contributed by atoms with E-state index in [1.807, 2.05) is 6.92 Å². The van der Waals surface area contributed by atoms with E-state index < -0.39 is 10.0 Å². The molecule has 0 bridgehead atoms. The SMILES string of the molecule is CCc1cnc(CNS(=O)(=O)c2cc(Br)cc(N)c2C)o1. The maximum atomic E-state index is 12.4. The molecular formula is C13H16BrN3O3S. The minimum Gasteiger partial charge on any atom is -0.444 e. The summed E-state index contributed by atoms with van der Waals surface area (Å²) in [6, 6.07) is 3.18. The standard InChI is InChI=1S/C13H16BrN3O3S/c1-3-10-6-16-13(20-10)7-17-21(18,19)12-5-9(14)4-11(15)8(12)2/h4-6,17H,3,7,15H2,1-2H3. The van der Waals surface area contributed by atoms with Gasteiger partial charge in [0, 0.05) is 16.6 Å². The van der Waals surface area contributed by atoms with Crippen LogP contribution in [-0.2, 0) is 23.0 Å². The summed E-state index contributed by atoms with van der Waals surface area (Å²) in [6.07, 6.45) is 2.30. The van der Waals surface area contributed by atoms with Crippen LogP contribution in [0.5, 0.6) is 0 Å². The third kappa shape index (κ3) is 3.63. The van der Waals surface area contributed by atoms with Crippen molar-refractivity contribution in [3.8, 4) is 0 Å². The van der Waals surface area contributed by atoms with Gasteiger partial charge in [-0.3, -0.25) is 0 Å². The van der Waals surface area contributed by atoms with Crippen LogP contribution in [-0.4, -0.2) is 13.4 Å². The van der Waals surface area contributed by atoms with Crippen molar-refractivity contribution in [3.05, 3.63) is 40.0 Å². The van der Waals surface area contributed by atoms with E-state index >= 15 is 0 Å². The van der Waals surface area contributed by atoms with E-state index in [1.54, 1.807) is 19.2 Å². The van der Waals surface area contributed by atoms with Gasteiger partial charge in [-0.05, 0) is 24.6 Å². The molecule has 2 aromatic rings. The van der Waals surface area contributed by atoms with Gasteiger partial charge in [-0.25, -0.2) is 18.1 Å². The largest absolute Gasteiger partial charge is 0.444 e. The number of aryl methyl sites for hydroxylation is 1. The summed E-state index contributed by atoms with van der Waals surface area (Å²) in [6.45, 7) is 3.59. The molecule has 21 heavy (non-hydrogen) atoms. The predicted octanol–water partition coefficient (Wildman–Crippen LogP) is 2.37. The highest BCUT2D eigenvalue weighted by Crippen LogP contribution is 2.26. The van der Waals surface area contributed by atoms with Gasteiger partial charge in [0.25, 0.3) is 0 Å². The summed E-state index contributed by atoms with van der Waals surface area (Å²) >= 11 is 3.25. The lowest BCUT2D eigenvalue weighted by Crippen LogP contribution is -2.24. The molecule has 0 aliphatic carbocycles. The Hall–Kier alpha value is -1.38. The molecular weight excluding hydrogens is 358 g/mol. The molecule has 3 N–H and O–H groups in total. The Kier molecular flexibility index (Phi) is 4.70. The summed E-state index contributed by atoms with van der Waals surface area (Å²) in [5.74, 6) is 1.04. The molecule has 0 amide bonds. The van der Waals surface area contributed by atoms with Crippen LogP contribution >= 0.6 is 15.9 Å². The third-order valence-corrected chi connectivity index (χ3v) is 5.00. The minimum atomic E-state index is -3.69. The lowest BCUT2D eigenvalue weighted by molar-refractivity contribution is 0.452. The molecule has 1 heterocycles. The first kappa shape index (κ1) is 16.0. The first-order valence-electron chi connectivity index (χ1n) is 6.32. The number of hydrogen-bond acceptors (Lipinski definition) is 5. The van der Waals surface area contributed by atoms with Gasteiger partial charge in [0.15, 0.2) is 0 Å². The van der Waals surface area contributed by atoms with Crippen molar-refractivity contribution in [2.24, 2.45) is 0 Å². The van der Waals surface area contributed by atoms with E-state index in [0.717, 1.165) is 0 Å². The van der Waals surface area contributed by atoms with Crippen molar-refractivity contribution in [2.75, 3.05) is 5.73 Å². The smallest absolute Gasteiger partial charge is 0.241 e.